The first kappa shape index (κ1) is 13.9. The van der Waals surface area contributed by atoms with Gasteiger partial charge in [0.15, 0.2) is 0 Å². The van der Waals surface area contributed by atoms with Gasteiger partial charge in [-0.3, -0.25) is 0 Å². The molecule has 0 saturated carbocycles. The molecule has 0 fully saturated rings. The van der Waals surface area contributed by atoms with Crippen LogP contribution in [0.5, 0.6) is 5.75 Å². The Balaban J connectivity index is 2.10. The summed E-state index contributed by atoms with van der Waals surface area (Å²) in [6.45, 7) is 3.22. The van der Waals surface area contributed by atoms with Crippen molar-refractivity contribution in [2.45, 2.75) is 20.0 Å². The van der Waals surface area contributed by atoms with Crippen LogP contribution in [-0.4, -0.2) is 6.54 Å². The van der Waals surface area contributed by atoms with Gasteiger partial charge in [0.1, 0.15) is 12.4 Å². The molecule has 0 heterocycles. The molecule has 0 aliphatic carbocycles. The van der Waals surface area contributed by atoms with Crippen molar-refractivity contribution < 1.29 is 4.74 Å². The van der Waals surface area contributed by atoms with Crippen LogP contribution in [0.3, 0.4) is 0 Å². The van der Waals surface area contributed by atoms with Crippen LogP contribution in [0.4, 0.5) is 0 Å². The van der Waals surface area contributed by atoms with Gasteiger partial charge >= 0.3 is 0 Å². The van der Waals surface area contributed by atoms with Crippen molar-refractivity contribution in [1.82, 2.24) is 0 Å². The van der Waals surface area contributed by atoms with E-state index in [0.29, 0.717) is 18.2 Å². The summed E-state index contributed by atoms with van der Waals surface area (Å²) in [7, 11) is 0. The van der Waals surface area contributed by atoms with E-state index in [-0.39, 0.29) is 0 Å². The number of hydrogen-bond acceptors (Lipinski definition) is 2. The largest absolute Gasteiger partial charge is 0.489 e. The van der Waals surface area contributed by atoms with Crippen LogP contribution in [0.15, 0.2) is 42.5 Å². The lowest BCUT2D eigenvalue weighted by Gasteiger charge is -2.12. The summed E-state index contributed by atoms with van der Waals surface area (Å²) in [5, 5.41) is 0.714. The molecule has 0 radical (unpaired) electrons. The van der Waals surface area contributed by atoms with Gasteiger partial charge < -0.3 is 10.5 Å². The first-order chi connectivity index (χ1) is 9.19. The van der Waals surface area contributed by atoms with Gasteiger partial charge in [-0.2, -0.15) is 0 Å². The summed E-state index contributed by atoms with van der Waals surface area (Å²) < 4.78 is 5.87. The van der Waals surface area contributed by atoms with E-state index in [1.54, 1.807) is 0 Å². The Bertz CT molecular complexity index is 554. The second-order valence-corrected chi connectivity index (χ2v) is 5.00. The smallest absolute Gasteiger partial charge is 0.123 e. The van der Waals surface area contributed by atoms with E-state index in [9.17, 15) is 0 Å². The van der Waals surface area contributed by atoms with E-state index in [1.807, 2.05) is 24.3 Å². The van der Waals surface area contributed by atoms with Gasteiger partial charge in [-0.25, -0.2) is 0 Å². The van der Waals surface area contributed by atoms with Crippen molar-refractivity contribution in [3.63, 3.8) is 0 Å². The molecule has 3 heteroatoms. The standard InChI is InChI=1S/C16H18ClNO/c1-12-3-2-4-13(9-12)11-19-16-6-5-15(17)10-14(16)7-8-18/h2-6,9-10H,7-8,11,18H2,1H3. The normalized spacial score (nSPS) is 10.5. The second-order valence-electron chi connectivity index (χ2n) is 4.57. The predicted octanol–water partition coefficient (Wildman–Crippen LogP) is 3.73. The van der Waals surface area contributed by atoms with Crippen LogP contribution >= 0.6 is 11.6 Å². The average molecular weight is 276 g/mol. The fourth-order valence-electron chi connectivity index (χ4n) is 2.00. The van der Waals surface area contributed by atoms with E-state index in [0.717, 1.165) is 23.3 Å². The van der Waals surface area contributed by atoms with Gasteiger partial charge in [0.2, 0.25) is 0 Å². The molecule has 2 aromatic carbocycles. The third-order valence-corrected chi connectivity index (χ3v) is 3.15. The highest BCUT2D eigenvalue weighted by molar-refractivity contribution is 6.30. The molecule has 0 amide bonds. The molecule has 2 nitrogen and oxygen atoms in total. The van der Waals surface area contributed by atoms with Crippen LogP contribution in [0.25, 0.3) is 0 Å². The monoisotopic (exact) mass is 275 g/mol. The maximum atomic E-state index is 5.99. The summed E-state index contributed by atoms with van der Waals surface area (Å²) in [6, 6.07) is 14.0. The highest BCUT2D eigenvalue weighted by Gasteiger charge is 2.05. The van der Waals surface area contributed by atoms with E-state index < -0.39 is 0 Å². The van der Waals surface area contributed by atoms with Crippen LogP contribution < -0.4 is 10.5 Å². The molecule has 2 N–H and O–H groups in total. The van der Waals surface area contributed by atoms with Gasteiger partial charge in [0.05, 0.1) is 0 Å². The maximum absolute atomic E-state index is 5.99. The Morgan fingerprint density at radius 1 is 1.16 bits per heavy atom. The van der Waals surface area contributed by atoms with Gasteiger partial charge in [-0.05, 0) is 49.2 Å². The lowest BCUT2D eigenvalue weighted by atomic mass is 10.1. The number of halogens is 1. The molecule has 2 aromatic rings. The summed E-state index contributed by atoms with van der Waals surface area (Å²) >= 11 is 5.99. The first-order valence-electron chi connectivity index (χ1n) is 6.36. The molecular weight excluding hydrogens is 258 g/mol. The van der Waals surface area contributed by atoms with Crippen LogP contribution in [-0.2, 0) is 13.0 Å². The highest BCUT2D eigenvalue weighted by Crippen LogP contribution is 2.24. The minimum Gasteiger partial charge on any atom is -0.489 e. The Kier molecular flexibility index (Phi) is 4.83. The third-order valence-electron chi connectivity index (χ3n) is 2.91. The predicted molar refractivity (Wildman–Crippen MR) is 79.7 cm³/mol. The van der Waals surface area contributed by atoms with Crippen molar-refractivity contribution in [1.29, 1.82) is 0 Å². The van der Waals surface area contributed by atoms with Crippen molar-refractivity contribution in [2.24, 2.45) is 5.73 Å². The molecular formula is C16H18ClNO. The van der Waals surface area contributed by atoms with Crippen molar-refractivity contribution in [3.8, 4) is 5.75 Å². The molecule has 0 bridgehead atoms. The molecule has 19 heavy (non-hydrogen) atoms. The lowest BCUT2D eigenvalue weighted by molar-refractivity contribution is 0.303. The number of rotatable bonds is 5. The topological polar surface area (TPSA) is 35.2 Å². The lowest BCUT2D eigenvalue weighted by Crippen LogP contribution is -2.05. The Morgan fingerprint density at radius 2 is 2.00 bits per heavy atom. The molecule has 2 rings (SSSR count). The minimum atomic E-state index is 0.556. The summed E-state index contributed by atoms with van der Waals surface area (Å²) in [6.07, 6.45) is 0.768. The molecule has 0 spiro atoms. The molecule has 0 unspecified atom stereocenters. The van der Waals surface area contributed by atoms with Crippen LogP contribution in [0.1, 0.15) is 16.7 Å². The Morgan fingerprint density at radius 3 is 2.74 bits per heavy atom. The molecule has 0 atom stereocenters. The van der Waals surface area contributed by atoms with Crippen LogP contribution in [0, 0.1) is 6.92 Å². The fraction of sp³-hybridized carbons (Fsp3) is 0.250. The van der Waals surface area contributed by atoms with Crippen molar-refractivity contribution >= 4 is 11.6 Å². The van der Waals surface area contributed by atoms with Gasteiger partial charge in [0, 0.05) is 5.02 Å². The summed E-state index contributed by atoms with van der Waals surface area (Å²) in [4.78, 5) is 0. The molecule has 0 aliphatic rings. The number of hydrogen-bond donors (Lipinski definition) is 1. The number of nitrogens with two attached hydrogens (primary N) is 1. The Labute approximate surface area is 119 Å². The van der Waals surface area contributed by atoms with Crippen LogP contribution in [0.2, 0.25) is 5.02 Å². The highest BCUT2D eigenvalue weighted by atomic mass is 35.5. The van der Waals surface area contributed by atoms with E-state index in [4.69, 9.17) is 22.1 Å². The fourth-order valence-corrected chi connectivity index (χ4v) is 2.20. The number of aryl methyl sites for hydroxylation is 1. The Hall–Kier alpha value is -1.51. The molecule has 0 aliphatic heterocycles. The van der Waals surface area contributed by atoms with Gasteiger partial charge in [-0.1, -0.05) is 41.4 Å². The number of benzene rings is 2. The van der Waals surface area contributed by atoms with Gasteiger partial charge in [0.25, 0.3) is 0 Å². The summed E-state index contributed by atoms with van der Waals surface area (Å²) in [5.74, 6) is 0.858. The minimum absolute atomic E-state index is 0.556. The maximum Gasteiger partial charge on any atom is 0.123 e. The van der Waals surface area contributed by atoms with Gasteiger partial charge in [-0.15, -0.1) is 0 Å². The first-order valence-corrected chi connectivity index (χ1v) is 6.73. The van der Waals surface area contributed by atoms with E-state index >= 15 is 0 Å². The summed E-state index contributed by atoms with van der Waals surface area (Å²) in [5.41, 5.74) is 9.06. The third kappa shape index (κ3) is 3.98. The zero-order chi connectivity index (χ0) is 13.7. The van der Waals surface area contributed by atoms with Crippen molar-refractivity contribution in [2.75, 3.05) is 6.54 Å². The van der Waals surface area contributed by atoms with Crippen molar-refractivity contribution in [3.05, 3.63) is 64.2 Å². The van der Waals surface area contributed by atoms with E-state index in [1.165, 1.54) is 5.56 Å². The zero-order valence-electron chi connectivity index (χ0n) is 11.0. The zero-order valence-corrected chi connectivity index (χ0v) is 11.8. The quantitative estimate of drug-likeness (QED) is 0.902. The molecule has 100 valence electrons. The average Bonchev–Trinajstić information content (AvgIpc) is 2.38. The SMILES string of the molecule is Cc1cccc(COc2ccc(Cl)cc2CCN)c1. The number of ether oxygens (including phenoxy) is 1. The second kappa shape index (κ2) is 6.60. The van der Waals surface area contributed by atoms with E-state index in [2.05, 4.69) is 25.1 Å². The molecule has 0 saturated heterocycles. The molecule has 0 aromatic heterocycles.